The minimum atomic E-state index is -0.224. The van der Waals surface area contributed by atoms with Crippen LogP contribution in [0, 0.1) is 6.92 Å². The molecule has 27 heavy (non-hydrogen) atoms. The van der Waals surface area contributed by atoms with Crippen molar-refractivity contribution in [2.45, 2.75) is 25.8 Å². The number of hydrogen-bond donors (Lipinski definition) is 3. The molecule has 3 aromatic rings. The van der Waals surface area contributed by atoms with Gasteiger partial charge in [0.25, 0.3) is 0 Å². The molecule has 140 valence electrons. The second-order valence-corrected chi connectivity index (χ2v) is 6.90. The molecule has 1 heterocycles. The lowest BCUT2D eigenvalue weighted by Gasteiger charge is -2.15. The molecule has 0 fully saturated rings. The fraction of sp³-hybridized carbons (Fsp3) is 0.286. The van der Waals surface area contributed by atoms with E-state index < -0.39 is 0 Å². The number of nitrogens with one attached hydrogen (secondary N) is 3. The van der Waals surface area contributed by atoms with Crippen LogP contribution in [0.3, 0.4) is 0 Å². The molecule has 2 amide bonds. The molecule has 0 bridgehead atoms. The van der Waals surface area contributed by atoms with Crippen LogP contribution in [0.2, 0.25) is 0 Å². The van der Waals surface area contributed by atoms with Gasteiger partial charge in [0.05, 0.1) is 14.2 Å². The van der Waals surface area contributed by atoms with Gasteiger partial charge in [0, 0.05) is 40.8 Å². The van der Waals surface area contributed by atoms with Crippen LogP contribution < -0.4 is 20.1 Å². The maximum atomic E-state index is 12.4. The summed E-state index contributed by atoms with van der Waals surface area (Å²) in [6.45, 7) is 2.10. The number of methoxy groups -OCH3 is 2. The summed E-state index contributed by atoms with van der Waals surface area (Å²) in [6, 6.07) is 11.6. The van der Waals surface area contributed by atoms with Crippen LogP contribution >= 0.6 is 0 Å². The number of H-pyrrole nitrogens is 1. The van der Waals surface area contributed by atoms with Crippen molar-refractivity contribution < 1.29 is 14.3 Å². The Morgan fingerprint density at radius 2 is 1.89 bits per heavy atom. The molecule has 4 rings (SSSR count). The van der Waals surface area contributed by atoms with E-state index in [1.165, 1.54) is 27.7 Å². The Bertz CT molecular complexity index is 1010. The van der Waals surface area contributed by atoms with Crippen LogP contribution in [0.5, 0.6) is 11.5 Å². The Balaban J connectivity index is 1.42. The van der Waals surface area contributed by atoms with Gasteiger partial charge in [-0.25, -0.2) is 4.79 Å². The number of amides is 2. The van der Waals surface area contributed by atoms with Crippen molar-refractivity contribution in [1.82, 2.24) is 10.3 Å². The number of aromatic amines is 1. The number of benzene rings is 2. The maximum absolute atomic E-state index is 12.4. The van der Waals surface area contributed by atoms with Crippen molar-refractivity contribution in [3.63, 3.8) is 0 Å². The molecule has 0 saturated heterocycles. The molecule has 0 radical (unpaired) electrons. The lowest BCUT2D eigenvalue weighted by Crippen LogP contribution is -2.38. The fourth-order valence-corrected chi connectivity index (χ4v) is 3.76. The van der Waals surface area contributed by atoms with Gasteiger partial charge in [-0.15, -0.1) is 0 Å². The zero-order valence-corrected chi connectivity index (χ0v) is 15.7. The predicted octanol–water partition coefficient (Wildman–Crippen LogP) is 3.78. The lowest BCUT2D eigenvalue weighted by atomic mass is 10.1. The minimum Gasteiger partial charge on any atom is -0.493 e. The van der Waals surface area contributed by atoms with E-state index in [4.69, 9.17) is 9.47 Å². The van der Waals surface area contributed by atoms with Gasteiger partial charge in [-0.1, -0.05) is 11.6 Å². The van der Waals surface area contributed by atoms with Crippen molar-refractivity contribution in [3.05, 3.63) is 53.2 Å². The molecule has 6 heteroatoms. The number of hydrogen-bond acceptors (Lipinski definition) is 3. The van der Waals surface area contributed by atoms with Crippen LogP contribution in [0.1, 0.15) is 16.8 Å². The van der Waals surface area contributed by atoms with E-state index in [0.29, 0.717) is 17.2 Å². The largest absolute Gasteiger partial charge is 0.493 e. The van der Waals surface area contributed by atoms with Crippen LogP contribution in [-0.2, 0) is 12.8 Å². The number of rotatable bonds is 4. The molecule has 1 atom stereocenters. The number of ether oxygens (including phenoxy) is 2. The molecule has 1 unspecified atom stereocenters. The van der Waals surface area contributed by atoms with Gasteiger partial charge in [0.15, 0.2) is 11.5 Å². The summed E-state index contributed by atoms with van der Waals surface area (Å²) in [5.74, 6) is 1.20. The number of carbonyl (C=O) groups excluding carboxylic acids is 1. The average Bonchev–Trinajstić information content (AvgIpc) is 3.18. The van der Waals surface area contributed by atoms with E-state index in [1.54, 1.807) is 32.4 Å². The van der Waals surface area contributed by atoms with Gasteiger partial charge in [0.1, 0.15) is 0 Å². The molecule has 0 aliphatic heterocycles. The SMILES string of the molecule is COc1ccc(NC(=O)NC2Cc3[nH]c4ccc(C)cc4c3C2)cc1OC. The zero-order chi connectivity index (χ0) is 19.0. The molecule has 1 aliphatic carbocycles. The standard InChI is InChI=1S/C21H23N3O3/c1-12-4-6-17-15(8-12)16-9-14(10-18(16)24-17)23-21(25)22-13-5-7-19(26-2)20(11-13)27-3/h4-8,11,14,24H,9-10H2,1-3H3,(H2,22,23,25). The molecule has 0 spiro atoms. The highest BCUT2D eigenvalue weighted by Crippen LogP contribution is 2.31. The second-order valence-electron chi connectivity index (χ2n) is 6.90. The van der Waals surface area contributed by atoms with E-state index in [2.05, 4.69) is 40.7 Å². The molecule has 1 aromatic heterocycles. The lowest BCUT2D eigenvalue weighted by molar-refractivity contribution is 0.248. The molecule has 3 N–H and O–H groups in total. The highest BCUT2D eigenvalue weighted by Gasteiger charge is 2.26. The summed E-state index contributed by atoms with van der Waals surface area (Å²) in [4.78, 5) is 15.9. The van der Waals surface area contributed by atoms with Gasteiger partial charge >= 0.3 is 6.03 Å². The van der Waals surface area contributed by atoms with Crippen LogP contribution in [0.25, 0.3) is 10.9 Å². The highest BCUT2D eigenvalue weighted by atomic mass is 16.5. The first-order chi connectivity index (χ1) is 13.1. The smallest absolute Gasteiger partial charge is 0.319 e. The molecule has 6 nitrogen and oxygen atoms in total. The van der Waals surface area contributed by atoms with E-state index in [-0.39, 0.29) is 12.1 Å². The van der Waals surface area contributed by atoms with E-state index >= 15 is 0 Å². The second kappa shape index (κ2) is 6.87. The Labute approximate surface area is 157 Å². The number of anilines is 1. The maximum Gasteiger partial charge on any atom is 0.319 e. The van der Waals surface area contributed by atoms with Gasteiger partial charge in [-0.3, -0.25) is 0 Å². The third kappa shape index (κ3) is 3.30. The van der Waals surface area contributed by atoms with Crippen LogP contribution in [0.4, 0.5) is 10.5 Å². The Morgan fingerprint density at radius 1 is 1.07 bits per heavy atom. The van der Waals surface area contributed by atoms with Gasteiger partial charge in [0.2, 0.25) is 0 Å². The first-order valence-electron chi connectivity index (χ1n) is 8.97. The van der Waals surface area contributed by atoms with Crippen molar-refractivity contribution in [2.75, 3.05) is 19.5 Å². The first kappa shape index (κ1) is 17.3. The summed E-state index contributed by atoms with van der Waals surface area (Å²) in [6.07, 6.45) is 1.64. The van der Waals surface area contributed by atoms with Crippen molar-refractivity contribution in [3.8, 4) is 11.5 Å². The fourth-order valence-electron chi connectivity index (χ4n) is 3.76. The van der Waals surface area contributed by atoms with Crippen LogP contribution in [0.15, 0.2) is 36.4 Å². The Morgan fingerprint density at radius 3 is 2.67 bits per heavy atom. The number of aryl methyl sites for hydroxylation is 1. The summed E-state index contributed by atoms with van der Waals surface area (Å²) in [5.41, 5.74) is 5.59. The van der Waals surface area contributed by atoms with Crippen molar-refractivity contribution in [1.29, 1.82) is 0 Å². The van der Waals surface area contributed by atoms with Gasteiger partial charge < -0.3 is 25.1 Å². The average molecular weight is 365 g/mol. The van der Waals surface area contributed by atoms with Gasteiger partial charge in [-0.05, 0) is 43.2 Å². The topological polar surface area (TPSA) is 75.4 Å². The van der Waals surface area contributed by atoms with Gasteiger partial charge in [-0.2, -0.15) is 0 Å². The van der Waals surface area contributed by atoms with E-state index in [1.807, 2.05) is 0 Å². The monoisotopic (exact) mass is 365 g/mol. The third-order valence-electron chi connectivity index (χ3n) is 5.03. The Kier molecular flexibility index (Phi) is 4.39. The molecular weight excluding hydrogens is 342 g/mol. The molecule has 0 saturated carbocycles. The normalized spacial score (nSPS) is 15.4. The molecular formula is C21H23N3O3. The highest BCUT2D eigenvalue weighted by molar-refractivity contribution is 5.90. The number of urea groups is 1. The zero-order valence-electron chi connectivity index (χ0n) is 15.7. The first-order valence-corrected chi connectivity index (χ1v) is 8.97. The summed E-state index contributed by atoms with van der Waals surface area (Å²) < 4.78 is 10.5. The van der Waals surface area contributed by atoms with Crippen molar-refractivity contribution >= 4 is 22.6 Å². The third-order valence-corrected chi connectivity index (χ3v) is 5.03. The summed E-state index contributed by atoms with van der Waals surface area (Å²) >= 11 is 0. The number of carbonyl (C=O) groups is 1. The molecule has 2 aromatic carbocycles. The number of fused-ring (bicyclic) bond motifs is 3. The van der Waals surface area contributed by atoms with Crippen molar-refractivity contribution in [2.24, 2.45) is 0 Å². The summed E-state index contributed by atoms with van der Waals surface area (Å²) in [5, 5.41) is 7.19. The summed E-state index contributed by atoms with van der Waals surface area (Å²) in [7, 11) is 3.15. The molecule has 1 aliphatic rings. The predicted molar refractivity (Wildman–Crippen MR) is 106 cm³/mol. The van der Waals surface area contributed by atoms with Crippen LogP contribution in [-0.4, -0.2) is 31.3 Å². The van der Waals surface area contributed by atoms with E-state index in [0.717, 1.165) is 12.8 Å². The minimum absolute atomic E-state index is 0.0799. The quantitative estimate of drug-likeness (QED) is 0.659. The van der Waals surface area contributed by atoms with E-state index in [9.17, 15) is 4.79 Å². The number of aromatic nitrogens is 1. The Hall–Kier alpha value is -3.15.